The normalized spacial score (nSPS) is 14.8. The van der Waals surface area contributed by atoms with Crippen molar-refractivity contribution >= 4 is 47.1 Å². The molecule has 0 amide bonds. The molecule has 2 aromatic rings. The van der Waals surface area contributed by atoms with Crippen molar-refractivity contribution in [3.8, 4) is 11.5 Å². The summed E-state index contributed by atoms with van der Waals surface area (Å²) in [4.78, 5) is 35.8. The van der Waals surface area contributed by atoms with Crippen LogP contribution in [0.25, 0.3) is 11.5 Å². The van der Waals surface area contributed by atoms with E-state index >= 15 is 0 Å². The van der Waals surface area contributed by atoms with Crippen LogP contribution in [-0.2, 0) is 4.57 Å². The Balaban J connectivity index is 2.01. The van der Waals surface area contributed by atoms with Gasteiger partial charge in [0.2, 0.25) is 11.3 Å². The number of anilines is 1. The van der Waals surface area contributed by atoms with Crippen molar-refractivity contribution in [2.75, 3.05) is 5.73 Å². The average Bonchev–Trinajstić information content (AvgIpc) is 3.13. The van der Waals surface area contributed by atoms with Crippen LogP contribution in [0.5, 0.6) is 0 Å². The molecule has 0 atom stereocenters. The summed E-state index contributed by atoms with van der Waals surface area (Å²) in [5.74, 6) is -0.144. The summed E-state index contributed by atoms with van der Waals surface area (Å²) in [7, 11) is -4.51. The van der Waals surface area contributed by atoms with Gasteiger partial charge in [-0.1, -0.05) is 35.3 Å². The highest BCUT2D eigenvalue weighted by Crippen LogP contribution is 2.38. The third-order valence-electron chi connectivity index (χ3n) is 2.92. The van der Waals surface area contributed by atoms with Crippen molar-refractivity contribution in [2.45, 2.75) is 6.42 Å². The van der Waals surface area contributed by atoms with E-state index in [4.69, 9.17) is 19.9 Å². The molecule has 1 aliphatic heterocycles. The number of thioether (sulfide) groups is 1. The predicted octanol–water partition coefficient (Wildman–Crippen LogP) is 2.51. The molecule has 1 aliphatic rings. The van der Waals surface area contributed by atoms with Crippen LogP contribution in [0.3, 0.4) is 0 Å². The van der Waals surface area contributed by atoms with Crippen molar-refractivity contribution < 1.29 is 23.6 Å². The Labute approximate surface area is 139 Å². The number of thiazole rings is 1. The van der Waals surface area contributed by atoms with E-state index in [1.54, 1.807) is 6.08 Å². The molecule has 3 heterocycles. The first kappa shape index (κ1) is 16.2. The molecule has 120 valence electrons. The second-order valence-corrected chi connectivity index (χ2v) is 8.04. The molecule has 0 bridgehead atoms. The number of allylic oxidation sites excluding steroid dienone is 3. The van der Waals surface area contributed by atoms with Crippen LogP contribution >= 0.6 is 30.7 Å². The predicted molar refractivity (Wildman–Crippen MR) is 89.7 cm³/mol. The summed E-state index contributed by atoms with van der Waals surface area (Å²) < 4.78 is 16.4. The van der Waals surface area contributed by atoms with Crippen LogP contribution in [0.15, 0.2) is 39.0 Å². The number of nitrogens with two attached hydrogens (primary N) is 1. The van der Waals surface area contributed by atoms with Crippen LogP contribution in [-0.4, -0.2) is 20.6 Å². The largest absolute Gasteiger partial charge is 0.446 e. The highest BCUT2D eigenvalue weighted by atomic mass is 32.2. The van der Waals surface area contributed by atoms with E-state index in [2.05, 4.69) is 4.98 Å². The fraction of sp³-hybridized carbons (Fsp3) is 0.0769. The zero-order chi connectivity index (χ0) is 16.6. The molecular formula is C13H11N2O5PS2. The van der Waals surface area contributed by atoms with Crippen molar-refractivity contribution in [1.29, 1.82) is 0 Å². The second kappa shape index (κ2) is 6.10. The molecule has 4 N–H and O–H groups in total. The first-order chi connectivity index (χ1) is 10.9. The number of carbonyl (C=O) groups excluding carboxylic acids is 1. The Morgan fingerprint density at radius 1 is 1.39 bits per heavy atom. The first-order valence-electron chi connectivity index (χ1n) is 6.35. The number of carbonyl (C=O) groups is 1. The molecule has 0 aromatic carbocycles. The minimum Gasteiger partial charge on any atom is -0.446 e. The van der Waals surface area contributed by atoms with E-state index < -0.39 is 13.1 Å². The van der Waals surface area contributed by atoms with Crippen molar-refractivity contribution in [1.82, 2.24) is 4.98 Å². The van der Waals surface area contributed by atoms with E-state index in [9.17, 15) is 9.36 Å². The summed E-state index contributed by atoms with van der Waals surface area (Å²) in [5, 5.41) is 2.00. The van der Waals surface area contributed by atoms with Gasteiger partial charge >= 0.3 is 7.60 Å². The topological polar surface area (TPSA) is 127 Å². The maximum absolute atomic E-state index is 12.6. The lowest BCUT2D eigenvalue weighted by molar-refractivity contribution is 0.104. The average molecular weight is 370 g/mol. The summed E-state index contributed by atoms with van der Waals surface area (Å²) >= 11 is 2.32. The lowest BCUT2D eigenvalue weighted by Gasteiger charge is -2.05. The molecule has 7 nitrogen and oxygen atoms in total. The Morgan fingerprint density at radius 2 is 2.17 bits per heavy atom. The Morgan fingerprint density at radius 3 is 2.78 bits per heavy atom. The van der Waals surface area contributed by atoms with Gasteiger partial charge < -0.3 is 19.9 Å². The SMILES string of the molecule is Nc1nc(-c2ccc(P(=O)(O)O)o2)c(C(=O)C2=CCC=CS2)s1. The van der Waals surface area contributed by atoms with Gasteiger partial charge in [-0.15, -0.1) is 0 Å². The molecule has 0 unspecified atom stereocenters. The van der Waals surface area contributed by atoms with Gasteiger partial charge in [0.1, 0.15) is 10.6 Å². The lowest BCUT2D eigenvalue weighted by Crippen LogP contribution is -2.01. The number of nitrogens with zero attached hydrogens (tertiary/aromatic N) is 1. The molecule has 0 fully saturated rings. The number of hydrogen-bond acceptors (Lipinski definition) is 7. The zero-order valence-electron chi connectivity index (χ0n) is 11.5. The molecule has 2 aromatic heterocycles. The first-order valence-corrected chi connectivity index (χ1v) is 9.66. The molecular weight excluding hydrogens is 359 g/mol. The van der Waals surface area contributed by atoms with Crippen LogP contribution in [0.4, 0.5) is 5.13 Å². The summed E-state index contributed by atoms with van der Waals surface area (Å²) in [6.45, 7) is 0. The van der Waals surface area contributed by atoms with Crippen molar-refractivity contribution in [2.24, 2.45) is 0 Å². The van der Waals surface area contributed by atoms with E-state index in [1.807, 2.05) is 11.5 Å². The Hall–Kier alpha value is -1.64. The monoisotopic (exact) mass is 370 g/mol. The van der Waals surface area contributed by atoms with E-state index in [1.165, 1.54) is 17.8 Å². The highest BCUT2D eigenvalue weighted by Gasteiger charge is 2.27. The fourth-order valence-corrected chi connectivity index (χ4v) is 4.03. The van der Waals surface area contributed by atoms with Gasteiger partial charge in [-0.2, -0.15) is 0 Å². The molecule has 0 spiro atoms. The molecule has 10 heteroatoms. The molecule has 3 rings (SSSR count). The van der Waals surface area contributed by atoms with Gasteiger partial charge in [0.15, 0.2) is 10.9 Å². The zero-order valence-corrected chi connectivity index (χ0v) is 14.0. The number of furan rings is 1. The Bertz CT molecular complexity index is 877. The number of hydrogen-bond donors (Lipinski definition) is 3. The fourth-order valence-electron chi connectivity index (χ4n) is 1.93. The standard InChI is InChI=1S/C13H11N2O5PS2/c14-13-15-10(7-4-5-9(20-7)21(17,18)19)12(23-13)11(16)8-3-1-2-6-22-8/h2-6H,1H2,(H2,14,15)(H2,17,18,19). The molecule has 0 saturated heterocycles. The van der Waals surface area contributed by atoms with E-state index in [0.717, 1.165) is 17.4 Å². The van der Waals surface area contributed by atoms with E-state index in [-0.39, 0.29) is 27.2 Å². The highest BCUT2D eigenvalue weighted by molar-refractivity contribution is 8.06. The summed E-state index contributed by atoms with van der Waals surface area (Å²) in [6.07, 6.45) is 4.40. The number of rotatable bonds is 4. The molecule has 0 aliphatic carbocycles. The maximum Gasteiger partial charge on any atom is 0.391 e. The van der Waals surface area contributed by atoms with Crippen molar-refractivity contribution in [3.63, 3.8) is 0 Å². The summed E-state index contributed by atoms with van der Waals surface area (Å²) in [5.41, 5.74) is 5.40. The van der Waals surface area contributed by atoms with Gasteiger partial charge in [-0.3, -0.25) is 9.36 Å². The summed E-state index contributed by atoms with van der Waals surface area (Å²) in [6, 6.07) is 2.53. The van der Waals surface area contributed by atoms with Gasteiger partial charge in [0.25, 0.3) is 0 Å². The van der Waals surface area contributed by atoms with Gasteiger partial charge in [0, 0.05) is 0 Å². The third kappa shape index (κ3) is 3.34. The van der Waals surface area contributed by atoms with Gasteiger partial charge in [-0.25, -0.2) is 4.98 Å². The lowest BCUT2D eigenvalue weighted by atomic mass is 10.2. The van der Waals surface area contributed by atoms with Gasteiger partial charge in [0.05, 0.1) is 4.91 Å². The minimum atomic E-state index is -4.51. The molecule has 23 heavy (non-hydrogen) atoms. The van der Waals surface area contributed by atoms with E-state index in [0.29, 0.717) is 11.3 Å². The quantitative estimate of drug-likeness (QED) is 0.553. The third-order valence-corrected chi connectivity index (χ3v) is 5.55. The van der Waals surface area contributed by atoms with Crippen LogP contribution in [0.1, 0.15) is 16.1 Å². The number of nitrogen functional groups attached to an aromatic ring is 1. The minimum absolute atomic E-state index is 0.0941. The van der Waals surface area contributed by atoms with Crippen LogP contribution < -0.4 is 11.2 Å². The number of ketones is 1. The van der Waals surface area contributed by atoms with Crippen LogP contribution in [0, 0.1) is 0 Å². The van der Waals surface area contributed by atoms with Crippen LogP contribution in [0.2, 0.25) is 0 Å². The van der Waals surface area contributed by atoms with Crippen molar-refractivity contribution in [3.05, 3.63) is 39.5 Å². The number of Topliss-reactive ketones (excluding diaryl/α,β-unsaturated/α-hetero) is 1. The maximum atomic E-state index is 12.6. The number of aromatic nitrogens is 1. The molecule has 0 saturated carbocycles. The smallest absolute Gasteiger partial charge is 0.391 e. The van der Waals surface area contributed by atoms with Gasteiger partial charge in [-0.05, 0) is 24.0 Å². The molecule has 0 radical (unpaired) electrons. The second-order valence-electron chi connectivity index (χ2n) is 4.53. The Kier molecular flexibility index (Phi) is 4.31.